The van der Waals surface area contributed by atoms with Crippen molar-refractivity contribution in [3.8, 4) is 0 Å². The Morgan fingerprint density at radius 2 is 2.18 bits per heavy atom. The monoisotopic (exact) mass is 257 g/mol. The van der Waals surface area contributed by atoms with Crippen molar-refractivity contribution >= 4 is 0 Å². The number of hydrogen-bond acceptors (Lipinski definition) is 4. The van der Waals surface area contributed by atoms with Crippen molar-refractivity contribution in [2.24, 2.45) is 0 Å². The van der Waals surface area contributed by atoms with Gasteiger partial charge in [0.05, 0.1) is 6.61 Å². The van der Waals surface area contributed by atoms with Gasteiger partial charge in [-0.25, -0.2) is 0 Å². The number of rotatable bonds is 7. The maximum atomic E-state index is 11.7. The van der Waals surface area contributed by atoms with Gasteiger partial charge >= 0.3 is 6.18 Å². The lowest BCUT2D eigenvalue weighted by atomic mass is 10.0. The second kappa shape index (κ2) is 6.53. The maximum Gasteiger partial charge on any atom is 0.411 e. The normalized spacial score (nSPS) is 25.4. The highest BCUT2D eigenvalue weighted by molar-refractivity contribution is 4.84. The van der Waals surface area contributed by atoms with Crippen molar-refractivity contribution in [2.75, 3.05) is 39.5 Å². The van der Waals surface area contributed by atoms with Gasteiger partial charge in [0.15, 0.2) is 0 Å². The predicted octanol–water partition coefficient (Wildman–Crippen LogP) is 0.696. The van der Waals surface area contributed by atoms with Crippen LogP contribution in [0.5, 0.6) is 0 Å². The summed E-state index contributed by atoms with van der Waals surface area (Å²) in [7, 11) is 0. The lowest BCUT2D eigenvalue weighted by Crippen LogP contribution is -2.41. The molecule has 0 aromatic carbocycles. The van der Waals surface area contributed by atoms with Gasteiger partial charge < -0.3 is 19.9 Å². The lowest BCUT2D eigenvalue weighted by Gasteiger charge is -2.20. The highest BCUT2D eigenvalue weighted by atomic mass is 19.4. The quantitative estimate of drug-likeness (QED) is 0.659. The zero-order valence-electron chi connectivity index (χ0n) is 9.55. The standard InChI is InChI=1S/C10H18F3NO3/c11-10(12,13)8-16-4-1-3-14-6-9(15)2-5-17-7-9/h14-15H,1-8H2. The molecule has 102 valence electrons. The lowest BCUT2D eigenvalue weighted by molar-refractivity contribution is -0.173. The van der Waals surface area contributed by atoms with E-state index in [1.807, 2.05) is 0 Å². The van der Waals surface area contributed by atoms with E-state index < -0.39 is 18.4 Å². The first-order valence-electron chi connectivity index (χ1n) is 5.57. The van der Waals surface area contributed by atoms with E-state index in [0.717, 1.165) is 0 Å². The van der Waals surface area contributed by atoms with Crippen molar-refractivity contribution in [3.05, 3.63) is 0 Å². The SMILES string of the molecule is OC1(CNCCCOCC(F)(F)F)CCOC1. The zero-order valence-corrected chi connectivity index (χ0v) is 9.55. The van der Waals surface area contributed by atoms with Gasteiger partial charge in [-0.15, -0.1) is 0 Å². The van der Waals surface area contributed by atoms with Crippen LogP contribution in [0.15, 0.2) is 0 Å². The van der Waals surface area contributed by atoms with Gasteiger partial charge in [-0.05, 0) is 13.0 Å². The number of halogens is 3. The van der Waals surface area contributed by atoms with Gasteiger partial charge in [0, 0.05) is 26.2 Å². The Kier molecular flexibility index (Phi) is 5.64. The summed E-state index contributed by atoms with van der Waals surface area (Å²) in [4.78, 5) is 0. The molecule has 1 atom stereocenters. The Morgan fingerprint density at radius 3 is 2.76 bits per heavy atom. The van der Waals surface area contributed by atoms with Gasteiger partial charge in [-0.2, -0.15) is 13.2 Å². The van der Waals surface area contributed by atoms with Crippen LogP contribution in [-0.4, -0.2) is 56.4 Å². The molecule has 1 heterocycles. The fraction of sp³-hybridized carbons (Fsp3) is 1.00. The van der Waals surface area contributed by atoms with Gasteiger partial charge in [-0.3, -0.25) is 0 Å². The molecule has 0 aromatic rings. The second-order valence-electron chi connectivity index (χ2n) is 4.23. The van der Waals surface area contributed by atoms with Crippen LogP contribution in [0.3, 0.4) is 0 Å². The fourth-order valence-electron chi connectivity index (χ4n) is 1.54. The summed E-state index contributed by atoms with van der Waals surface area (Å²) >= 11 is 0. The van der Waals surface area contributed by atoms with E-state index in [9.17, 15) is 18.3 Å². The highest BCUT2D eigenvalue weighted by Crippen LogP contribution is 2.17. The van der Waals surface area contributed by atoms with Crippen molar-refractivity contribution in [3.63, 3.8) is 0 Å². The minimum absolute atomic E-state index is 0.0570. The van der Waals surface area contributed by atoms with Crippen LogP contribution >= 0.6 is 0 Å². The summed E-state index contributed by atoms with van der Waals surface area (Å²) in [6.07, 6.45) is -3.19. The van der Waals surface area contributed by atoms with Crippen LogP contribution in [0.2, 0.25) is 0 Å². The molecule has 17 heavy (non-hydrogen) atoms. The van der Waals surface area contributed by atoms with Gasteiger partial charge in [0.1, 0.15) is 12.2 Å². The molecule has 0 bridgehead atoms. The highest BCUT2D eigenvalue weighted by Gasteiger charge is 2.31. The molecule has 1 rings (SSSR count). The van der Waals surface area contributed by atoms with E-state index in [4.69, 9.17) is 4.74 Å². The Labute approximate surface area is 98.1 Å². The van der Waals surface area contributed by atoms with E-state index in [2.05, 4.69) is 10.1 Å². The Hall–Kier alpha value is -0.370. The first kappa shape index (κ1) is 14.7. The Morgan fingerprint density at radius 1 is 1.41 bits per heavy atom. The van der Waals surface area contributed by atoms with Gasteiger partial charge in [-0.1, -0.05) is 0 Å². The number of alkyl halides is 3. The fourth-order valence-corrected chi connectivity index (χ4v) is 1.54. The summed E-state index contributed by atoms with van der Waals surface area (Å²) < 4.78 is 44.6. The number of ether oxygens (including phenoxy) is 2. The summed E-state index contributed by atoms with van der Waals surface area (Å²) in [5.74, 6) is 0. The van der Waals surface area contributed by atoms with Crippen LogP contribution < -0.4 is 5.32 Å². The summed E-state index contributed by atoms with van der Waals surface area (Å²) in [5.41, 5.74) is -0.827. The van der Waals surface area contributed by atoms with Crippen LogP contribution in [0.1, 0.15) is 12.8 Å². The third-order valence-corrected chi connectivity index (χ3v) is 2.44. The second-order valence-corrected chi connectivity index (χ2v) is 4.23. The molecule has 4 nitrogen and oxygen atoms in total. The van der Waals surface area contributed by atoms with Crippen LogP contribution in [0.4, 0.5) is 13.2 Å². The van der Waals surface area contributed by atoms with E-state index in [1.165, 1.54) is 0 Å². The molecule has 0 saturated carbocycles. The molecular formula is C10H18F3NO3. The van der Waals surface area contributed by atoms with Crippen LogP contribution in [-0.2, 0) is 9.47 Å². The largest absolute Gasteiger partial charge is 0.411 e. The molecular weight excluding hydrogens is 239 g/mol. The zero-order chi connectivity index (χ0) is 12.8. The molecule has 7 heteroatoms. The van der Waals surface area contributed by atoms with E-state index in [-0.39, 0.29) is 6.61 Å². The van der Waals surface area contributed by atoms with E-state index in [0.29, 0.717) is 39.1 Å². The molecule has 0 spiro atoms. The molecule has 0 radical (unpaired) electrons. The van der Waals surface area contributed by atoms with Gasteiger partial charge in [0.25, 0.3) is 0 Å². The molecule has 1 unspecified atom stereocenters. The third kappa shape index (κ3) is 6.82. The minimum atomic E-state index is -4.26. The maximum absolute atomic E-state index is 11.7. The van der Waals surface area contributed by atoms with Crippen LogP contribution in [0.25, 0.3) is 0 Å². The van der Waals surface area contributed by atoms with Crippen LogP contribution in [0, 0.1) is 0 Å². The minimum Gasteiger partial charge on any atom is -0.386 e. The molecule has 0 aromatic heterocycles. The molecule has 2 N–H and O–H groups in total. The predicted molar refractivity (Wildman–Crippen MR) is 54.7 cm³/mol. The van der Waals surface area contributed by atoms with Gasteiger partial charge in [0.2, 0.25) is 0 Å². The summed E-state index contributed by atoms with van der Waals surface area (Å²) in [6.45, 7) is 0.621. The number of aliphatic hydroxyl groups is 1. The van der Waals surface area contributed by atoms with Crippen molar-refractivity contribution in [1.82, 2.24) is 5.32 Å². The topological polar surface area (TPSA) is 50.7 Å². The average molecular weight is 257 g/mol. The third-order valence-electron chi connectivity index (χ3n) is 2.44. The van der Waals surface area contributed by atoms with E-state index >= 15 is 0 Å². The molecule has 1 fully saturated rings. The molecule has 1 aliphatic heterocycles. The van der Waals surface area contributed by atoms with E-state index in [1.54, 1.807) is 0 Å². The summed E-state index contributed by atoms with van der Waals surface area (Å²) in [6, 6.07) is 0. The molecule has 0 amide bonds. The smallest absolute Gasteiger partial charge is 0.386 e. The first-order chi connectivity index (χ1) is 7.91. The molecule has 0 aliphatic carbocycles. The van der Waals surface area contributed by atoms with Crippen molar-refractivity contribution in [1.29, 1.82) is 0 Å². The molecule has 1 saturated heterocycles. The van der Waals surface area contributed by atoms with Crippen molar-refractivity contribution in [2.45, 2.75) is 24.6 Å². The number of nitrogens with one attached hydrogen (secondary N) is 1. The first-order valence-corrected chi connectivity index (χ1v) is 5.57. The summed E-state index contributed by atoms with van der Waals surface area (Å²) in [5, 5.41) is 12.8. The average Bonchev–Trinajstić information content (AvgIpc) is 2.62. The number of hydrogen-bond donors (Lipinski definition) is 2. The van der Waals surface area contributed by atoms with Crippen molar-refractivity contribution < 1.29 is 27.8 Å². The molecule has 1 aliphatic rings. The Bertz CT molecular complexity index is 217. The Balaban J connectivity index is 1.91.